The SMILES string of the molecule is COc1ccc(-c2nccn2[C@H]2CCNC[C@@H]2O)cc1Cl.Cl.Cl. The number of hydrogen-bond donors (Lipinski definition) is 2. The van der Waals surface area contributed by atoms with Gasteiger partial charge in [-0.2, -0.15) is 0 Å². The number of rotatable bonds is 3. The molecule has 1 fully saturated rings. The van der Waals surface area contributed by atoms with Crippen molar-refractivity contribution in [1.29, 1.82) is 0 Å². The van der Waals surface area contributed by atoms with E-state index in [1.807, 2.05) is 29.0 Å². The molecule has 1 saturated heterocycles. The molecule has 1 aliphatic heterocycles. The highest BCUT2D eigenvalue weighted by molar-refractivity contribution is 6.32. The summed E-state index contributed by atoms with van der Waals surface area (Å²) in [6.07, 6.45) is 4.11. The molecular weight excluding hydrogens is 361 g/mol. The Hall–Kier alpha value is -0.980. The van der Waals surface area contributed by atoms with E-state index in [1.54, 1.807) is 13.3 Å². The summed E-state index contributed by atoms with van der Waals surface area (Å²) < 4.78 is 7.20. The average Bonchev–Trinajstić information content (AvgIpc) is 2.97. The van der Waals surface area contributed by atoms with Crippen molar-refractivity contribution < 1.29 is 9.84 Å². The molecule has 128 valence electrons. The van der Waals surface area contributed by atoms with E-state index in [0.29, 0.717) is 17.3 Å². The van der Waals surface area contributed by atoms with Crippen LogP contribution < -0.4 is 10.1 Å². The van der Waals surface area contributed by atoms with Crippen molar-refractivity contribution in [2.75, 3.05) is 20.2 Å². The van der Waals surface area contributed by atoms with Crippen molar-refractivity contribution >= 4 is 36.4 Å². The minimum atomic E-state index is -0.416. The van der Waals surface area contributed by atoms with Gasteiger partial charge in [-0.05, 0) is 31.2 Å². The molecule has 0 saturated carbocycles. The van der Waals surface area contributed by atoms with Gasteiger partial charge in [0.25, 0.3) is 0 Å². The minimum absolute atomic E-state index is 0. The lowest BCUT2D eigenvalue weighted by atomic mass is 10.0. The topological polar surface area (TPSA) is 59.3 Å². The first-order valence-electron chi connectivity index (χ1n) is 6.96. The molecule has 0 bridgehead atoms. The summed E-state index contributed by atoms with van der Waals surface area (Å²) in [5.74, 6) is 1.45. The number of piperidine rings is 1. The number of methoxy groups -OCH3 is 1. The number of nitrogens with one attached hydrogen (secondary N) is 1. The van der Waals surface area contributed by atoms with Gasteiger partial charge in [-0.15, -0.1) is 24.8 Å². The van der Waals surface area contributed by atoms with E-state index >= 15 is 0 Å². The van der Waals surface area contributed by atoms with Gasteiger partial charge in [0.15, 0.2) is 0 Å². The number of aromatic nitrogens is 2. The highest BCUT2D eigenvalue weighted by Crippen LogP contribution is 2.31. The Bertz CT molecular complexity index is 636. The van der Waals surface area contributed by atoms with Crippen molar-refractivity contribution in [1.82, 2.24) is 14.9 Å². The van der Waals surface area contributed by atoms with Crippen LogP contribution in [0.1, 0.15) is 12.5 Å². The van der Waals surface area contributed by atoms with E-state index in [2.05, 4.69) is 10.3 Å². The first kappa shape index (κ1) is 20.1. The number of aliphatic hydroxyl groups is 1. The lowest BCUT2D eigenvalue weighted by Gasteiger charge is -2.30. The molecule has 5 nitrogen and oxygen atoms in total. The predicted molar refractivity (Wildman–Crippen MR) is 96.3 cm³/mol. The number of β-amino-alcohol motifs (C(OH)–C–C–N with tert-alkyl or cyclic N) is 1. The molecule has 1 aromatic heterocycles. The maximum absolute atomic E-state index is 10.2. The van der Waals surface area contributed by atoms with Crippen molar-refractivity contribution in [3.63, 3.8) is 0 Å². The summed E-state index contributed by atoms with van der Waals surface area (Å²) in [4.78, 5) is 4.42. The second-order valence-corrected chi connectivity index (χ2v) is 5.54. The zero-order valence-electron chi connectivity index (χ0n) is 12.6. The van der Waals surface area contributed by atoms with Gasteiger partial charge in [0.1, 0.15) is 11.6 Å². The Morgan fingerprint density at radius 3 is 2.83 bits per heavy atom. The van der Waals surface area contributed by atoms with Crippen LogP contribution in [0.15, 0.2) is 30.6 Å². The van der Waals surface area contributed by atoms with Gasteiger partial charge in [0, 0.05) is 24.5 Å². The molecule has 2 aromatic rings. The molecule has 2 N–H and O–H groups in total. The maximum Gasteiger partial charge on any atom is 0.140 e. The van der Waals surface area contributed by atoms with Crippen LogP contribution in [0.25, 0.3) is 11.4 Å². The number of hydrogen-bond acceptors (Lipinski definition) is 4. The molecule has 2 atom stereocenters. The molecule has 23 heavy (non-hydrogen) atoms. The van der Waals surface area contributed by atoms with Gasteiger partial charge in [0.05, 0.1) is 24.3 Å². The van der Waals surface area contributed by atoms with Crippen LogP contribution in [0.4, 0.5) is 0 Å². The fourth-order valence-electron chi connectivity index (χ4n) is 2.76. The Morgan fingerprint density at radius 1 is 1.39 bits per heavy atom. The normalized spacial score (nSPS) is 20.3. The average molecular weight is 381 g/mol. The van der Waals surface area contributed by atoms with E-state index < -0.39 is 6.10 Å². The van der Waals surface area contributed by atoms with Gasteiger partial charge in [0.2, 0.25) is 0 Å². The Balaban J connectivity index is 0.00000132. The quantitative estimate of drug-likeness (QED) is 0.859. The molecular formula is C15H20Cl3N3O2. The van der Waals surface area contributed by atoms with E-state index in [0.717, 1.165) is 24.4 Å². The Kier molecular flexibility index (Phi) is 7.64. The van der Waals surface area contributed by atoms with Crippen LogP contribution in [0.3, 0.4) is 0 Å². The summed E-state index contributed by atoms with van der Waals surface area (Å²) in [5.41, 5.74) is 0.913. The smallest absolute Gasteiger partial charge is 0.140 e. The summed E-state index contributed by atoms with van der Waals surface area (Å²) >= 11 is 6.19. The van der Waals surface area contributed by atoms with Crippen LogP contribution in [0.5, 0.6) is 5.75 Å². The van der Waals surface area contributed by atoms with Gasteiger partial charge in [-0.25, -0.2) is 4.98 Å². The van der Waals surface area contributed by atoms with Crippen LogP contribution in [-0.4, -0.2) is 41.0 Å². The van der Waals surface area contributed by atoms with Gasteiger partial charge in [-0.3, -0.25) is 0 Å². The first-order valence-corrected chi connectivity index (χ1v) is 7.34. The fourth-order valence-corrected chi connectivity index (χ4v) is 3.02. The summed E-state index contributed by atoms with van der Waals surface area (Å²) in [7, 11) is 1.59. The van der Waals surface area contributed by atoms with E-state index in [1.165, 1.54) is 0 Å². The zero-order valence-corrected chi connectivity index (χ0v) is 15.0. The monoisotopic (exact) mass is 379 g/mol. The van der Waals surface area contributed by atoms with Crippen molar-refractivity contribution in [3.05, 3.63) is 35.6 Å². The van der Waals surface area contributed by atoms with Crippen molar-refractivity contribution in [2.24, 2.45) is 0 Å². The molecule has 0 amide bonds. The van der Waals surface area contributed by atoms with Gasteiger partial charge >= 0.3 is 0 Å². The maximum atomic E-state index is 10.2. The fraction of sp³-hybridized carbons (Fsp3) is 0.400. The van der Waals surface area contributed by atoms with Gasteiger partial charge < -0.3 is 19.7 Å². The predicted octanol–water partition coefficient (Wildman–Crippen LogP) is 2.95. The Labute approximate surface area is 152 Å². The van der Waals surface area contributed by atoms with Crippen LogP contribution in [-0.2, 0) is 0 Å². The molecule has 0 radical (unpaired) electrons. The van der Waals surface area contributed by atoms with Gasteiger partial charge in [-0.1, -0.05) is 11.6 Å². The second kappa shape index (κ2) is 8.76. The zero-order chi connectivity index (χ0) is 14.8. The number of ether oxygens (including phenoxy) is 1. The van der Waals surface area contributed by atoms with Crippen LogP contribution >= 0.6 is 36.4 Å². The molecule has 2 heterocycles. The number of halogens is 3. The van der Waals surface area contributed by atoms with Crippen molar-refractivity contribution in [2.45, 2.75) is 18.6 Å². The molecule has 3 rings (SSSR count). The van der Waals surface area contributed by atoms with E-state index in [-0.39, 0.29) is 30.9 Å². The molecule has 1 aromatic carbocycles. The summed E-state index contributed by atoms with van der Waals surface area (Å²) in [5, 5.41) is 13.9. The largest absolute Gasteiger partial charge is 0.495 e. The number of nitrogens with zero attached hydrogens (tertiary/aromatic N) is 2. The van der Waals surface area contributed by atoms with Crippen molar-refractivity contribution in [3.8, 4) is 17.1 Å². The molecule has 8 heteroatoms. The second-order valence-electron chi connectivity index (χ2n) is 5.13. The molecule has 1 aliphatic rings. The molecule has 0 spiro atoms. The highest BCUT2D eigenvalue weighted by Gasteiger charge is 2.26. The highest BCUT2D eigenvalue weighted by atomic mass is 35.5. The number of benzene rings is 1. The standard InChI is InChI=1S/C15H18ClN3O2.2ClH/c1-21-14-3-2-10(8-11(14)16)15-18-6-7-19(15)12-4-5-17-9-13(12)20;;/h2-3,6-8,12-13,17,20H,4-5,9H2,1H3;2*1H/t12-,13-;;/m0../s1. The lowest BCUT2D eigenvalue weighted by Crippen LogP contribution is -2.41. The summed E-state index contributed by atoms with van der Waals surface area (Å²) in [6, 6.07) is 5.63. The Morgan fingerprint density at radius 2 is 2.17 bits per heavy atom. The number of imidazole rings is 1. The number of aliphatic hydroxyl groups excluding tert-OH is 1. The minimum Gasteiger partial charge on any atom is -0.495 e. The third-order valence-electron chi connectivity index (χ3n) is 3.85. The van der Waals surface area contributed by atoms with E-state index in [9.17, 15) is 5.11 Å². The molecule has 0 unspecified atom stereocenters. The third-order valence-corrected chi connectivity index (χ3v) is 4.15. The van der Waals surface area contributed by atoms with Crippen LogP contribution in [0.2, 0.25) is 5.02 Å². The van der Waals surface area contributed by atoms with Crippen LogP contribution in [0, 0.1) is 0 Å². The summed E-state index contributed by atoms with van der Waals surface area (Å²) in [6.45, 7) is 1.49. The van der Waals surface area contributed by atoms with E-state index in [4.69, 9.17) is 16.3 Å². The molecule has 0 aliphatic carbocycles. The lowest BCUT2D eigenvalue weighted by molar-refractivity contribution is 0.0880. The third kappa shape index (κ3) is 4.11. The first-order chi connectivity index (χ1) is 10.2.